The molecule has 440 valence electrons. The van der Waals surface area contributed by atoms with Crippen LogP contribution in [0, 0.1) is 18.3 Å². The lowest BCUT2D eigenvalue weighted by atomic mass is 10.1. The van der Waals surface area contributed by atoms with Gasteiger partial charge in [0, 0.05) is 52.8 Å². The summed E-state index contributed by atoms with van der Waals surface area (Å²) >= 11 is 2.95. The number of nitrogens with zero attached hydrogens (tertiary/aromatic N) is 11. The van der Waals surface area contributed by atoms with Crippen molar-refractivity contribution in [2.24, 2.45) is 30.7 Å². The maximum atomic E-state index is 12.9. The Bertz CT molecular complexity index is 4190. The van der Waals surface area contributed by atoms with E-state index in [1.54, 1.807) is 47.4 Å². The van der Waals surface area contributed by atoms with Crippen molar-refractivity contribution in [1.29, 1.82) is 5.26 Å². The number of anilines is 1. The molecule has 0 aliphatic heterocycles. The quantitative estimate of drug-likeness (QED) is 0.00658. The average Bonchev–Trinajstić information content (AvgIpc) is 2.45. The number of hydrogen-bond acceptors (Lipinski definition) is 32. The lowest BCUT2D eigenvalue weighted by Gasteiger charge is -2.26. The first-order chi connectivity index (χ1) is 39.5. The van der Waals surface area contributed by atoms with E-state index in [1.165, 1.54) is 36.6 Å². The Balaban J connectivity index is 0.00000190. The van der Waals surface area contributed by atoms with Crippen LogP contribution in [0.2, 0.25) is 0 Å². The lowest BCUT2D eigenvalue weighted by molar-refractivity contribution is -0.432. The second kappa shape index (κ2) is 28.1. The zero-order chi connectivity index (χ0) is 60.2. The molecule has 0 fully saturated rings. The standard InChI is InChI=1S/C43H37N11O18S6.CH4O3S/c1-22-26(21-44)41-45-27-7-3-4-8-32(27)54(41)42(56)38(22)50-49-31-18-25-23(16-37(31)78(63,64)65)15-36(76-72-69-59)39(40(25)55)51-47-29-20-34(66-2)30(48-52-43-46-28-10-9-24(75-71-68-58)17-35(28)74-43)19-33(29)53(11-5-13-73-70-67-57)12-6-14-77(60,61)62;1-5(2,3)4/h3-4,7-10,15-20,55-59H,5-6,11-14H2,1-2H3,(H,60,61,62)(H,63,64,65);1H3,(H,2,3,4). The Kier molecular flexibility index (Phi) is 21.6. The van der Waals surface area contributed by atoms with Gasteiger partial charge in [0.1, 0.15) is 45.0 Å². The van der Waals surface area contributed by atoms with Crippen LogP contribution < -0.4 is 9.64 Å². The molecule has 0 aliphatic carbocycles. The van der Waals surface area contributed by atoms with Gasteiger partial charge in [-0.2, -0.15) is 30.5 Å². The molecule has 32 nitrogen and oxygen atoms in total. The van der Waals surface area contributed by atoms with Gasteiger partial charge in [0.25, 0.3) is 30.4 Å². The van der Waals surface area contributed by atoms with Crippen molar-refractivity contribution >= 4 is 155 Å². The molecule has 39 heteroatoms. The van der Waals surface area contributed by atoms with Crippen LogP contribution in [0.15, 0.2) is 118 Å². The molecule has 0 radical (unpaired) electrons. The van der Waals surface area contributed by atoms with Gasteiger partial charge in [-0.3, -0.25) is 18.1 Å². The number of ether oxygens (including phenoxy) is 1. The summed E-state index contributed by atoms with van der Waals surface area (Å²) in [5.41, 5.74) is 0.725. The third kappa shape index (κ3) is 16.5. The summed E-state index contributed by atoms with van der Waals surface area (Å²) in [5, 5.41) is 97.1. The smallest absolute Gasteiger partial charge is 0.296 e. The summed E-state index contributed by atoms with van der Waals surface area (Å²) in [4.78, 5) is 10.2. The van der Waals surface area contributed by atoms with E-state index in [0.717, 1.165) is 47.6 Å². The van der Waals surface area contributed by atoms with E-state index < -0.39 is 64.0 Å². The van der Waals surface area contributed by atoms with E-state index in [9.17, 15) is 49.8 Å². The van der Waals surface area contributed by atoms with Gasteiger partial charge < -0.3 is 19.8 Å². The summed E-state index contributed by atoms with van der Waals surface area (Å²) < 4.78 is 117. The first-order valence-electron chi connectivity index (χ1n) is 22.7. The maximum absolute atomic E-state index is 12.9. The molecule has 5 aromatic carbocycles. The minimum atomic E-state index is -5.13. The molecule has 3 aromatic heterocycles. The second-order valence-electron chi connectivity index (χ2n) is 16.5. The van der Waals surface area contributed by atoms with Gasteiger partial charge in [-0.25, -0.2) is 25.7 Å². The maximum Gasteiger partial charge on any atom is 0.296 e. The molecule has 0 saturated heterocycles. The van der Waals surface area contributed by atoms with Crippen LogP contribution >= 0.6 is 47.5 Å². The Labute approximate surface area is 484 Å². The topological polar surface area (TPSA) is 460 Å². The number of azo groups is 3. The number of aromatic hydroxyl groups is 2. The molecule has 8 aromatic rings. The molecular weight excluding hydrogens is 1240 g/mol. The largest absolute Gasteiger partial charge is 0.505 e. The number of thiazole rings is 1. The van der Waals surface area contributed by atoms with Crippen LogP contribution in [0.1, 0.15) is 24.0 Å². The van der Waals surface area contributed by atoms with E-state index >= 15 is 0 Å². The molecule has 8 N–H and O–H groups in total. The van der Waals surface area contributed by atoms with Crippen molar-refractivity contribution in [3.63, 3.8) is 0 Å². The number of hydrogen-bond donors (Lipinski definition) is 8. The highest BCUT2D eigenvalue weighted by molar-refractivity contribution is 7.95. The highest BCUT2D eigenvalue weighted by Gasteiger charge is 2.25. The van der Waals surface area contributed by atoms with Gasteiger partial charge in [-0.15, -0.1) is 43.7 Å². The highest BCUT2D eigenvalue weighted by Crippen LogP contribution is 2.49. The van der Waals surface area contributed by atoms with Gasteiger partial charge in [-0.05, 0) is 79.7 Å². The van der Waals surface area contributed by atoms with Crippen LogP contribution in [0.4, 0.5) is 39.3 Å². The highest BCUT2D eigenvalue weighted by atomic mass is 32.2. The molecule has 8 rings (SSSR count). The molecule has 0 bridgehead atoms. The van der Waals surface area contributed by atoms with Crippen molar-refractivity contribution in [2.45, 2.75) is 34.5 Å². The molecule has 3 heterocycles. The summed E-state index contributed by atoms with van der Waals surface area (Å²) in [6.07, 6.45) is 0.893. The van der Waals surface area contributed by atoms with Gasteiger partial charge >= 0.3 is 0 Å². The molecule has 83 heavy (non-hydrogen) atoms. The fraction of sp³-hybridized carbons (Fsp3) is 0.205. The first-order valence-corrected chi connectivity index (χ1v) is 30.8. The van der Waals surface area contributed by atoms with Crippen molar-refractivity contribution < 1.29 is 97.7 Å². The van der Waals surface area contributed by atoms with Crippen molar-refractivity contribution in [3.05, 3.63) is 83.9 Å². The van der Waals surface area contributed by atoms with Crippen LogP contribution in [0.5, 0.6) is 17.4 Å². The van der Waals surface area contributed by atoms with Crippen LogP contribution in [0.3, 0.4) is 0 Å². The third-order valence-electron chi connectivity index (χ3n) is 11.1. The monoisotopic (exact) mass is 1280 g/mol. The van der Waals surface area contributed by atoms with Crippen molar-refractivity contribution in [2.75, 3.05) is 42.9 Å². The molecule has 0 saturated carbocycles. The van der Waals surface area contributed by atoms with Gasteiger partial charge in [-0.1, -0.05) is 38.6 Å². The minimum Gasteiger partial charge on any atom is -0.505 e. The van der Waals surface area contributed by atoms with E-state index in [2.05, 4.69) is 70.5 Å². The molecule has 0 aliphatic rings. The Hall–Kier alpha value is -6.89. The Morgan fingerprint density at radius 3 is 2.12 bits per heavy atom. The zero-order valence-corrected chi connectivity index (χ0v) is 48.0. The van der Waals surface area contributed by atoms with Crippen molar-refractivity contribution in [1.82, 2.24) is 14.4 Å². The number of methoxy groups -OCH3 is 1. The van der Waals surface area contributed by atoms with E-state index in [-0.39, 0.29) is 91.3 Å². The fourth-order valence-electron chi connectivity index (χ4n) is 7.71. The van der Waals surface area contributed by atoms with E-state index in [1.807, 2.05) is 0 Å². The Morgan fingerprint density at radius 2 is 1.43 bits per heavy atom. The number of nitriles is 1. The number of phenolic OH excluding ortho intramolecular Hbond substituents is 1. The molecule has 0 unspecified atom stereocenters. The zero-order valence-electron chi connectivity index (χ0n) is 42.3. The SMILES string of the molecule is COc1cc(N=Nc2c(SOOO)cc3cc(S(=O)(=O)O)c(N=Nc4c(C)c(C#N)c5nc6ccccc6n5c4O)cc3c2O)c(N(CCCSOOO)CCCS(=O)(=O)O)cc1N=Nc1nc2ccc(SOOO)cc2s1.CS(=O)(=O)O. The summed E-state index contributed by atoms with van der Waals surface area (Å²) in [6.45, 7) is 1.54. The summed E-state index contributed by atoms with van der Waals surface area (Å²) in [5.74, 6) is -1.58. The van der Waals surface area contributed by atoms with Crippen molar-refractivity contribution in [3.8, 4) is 23.4 Å². The first kappa shape index (κ1) is 63.7. The van der Waals surface area contributed by atoms with Gasteiger partial charge in [0.15, 0.2) is 17.1 Å². The third-order valence-corrected chi connectivity index (χ3v) is 15.5. The number of benzene rings is 5. The second-order valence-corrected chi connectivity index (χ2v) is 24.2. The molecule has 0 spiro atoms. The molecule has 0 amide bonds. The number of imidazole rings is 1. The average molecular weight is 1280 g/mol. The van der Waals surface area contributed by atoms with Crippen LogP contribution in [-0.2, 0) is 58.5 Å². The fourth-order valence-corrected chi connectivity index (χ4v) is 11.0. The summed E-state index contributed by atoms with van der Waals surface area (Å²) in [6, 6.07) is 19.9. The molecular formula is C44H41N11O21S7. The summed E-state index contributed by atoms with van der Waals surface area (Å²) in [7, 11) is -11.9. The molecule has 0 atom stereocenters. The normalized spacial score (nSPS) is 12.4. The number of phenols is 1. The van der Waals surface area contributed by atoms with E-state index in [0.29, 0.717) is 50.9 Å². The van der Waals surface area contributed by atoms with Gasteiger partial charge in [0.05, 0.1) is 75.0 Å². The number of fused-ring (bicyclic) bond motifs is 5. The number of rotatable bonds is 25. The lowest BCUT2D eigenvalue weighted by Crippen LogP contribution is -2.27. The van der Waals surface area contributed by atoms with Crippen LogP contribution in [-0.4, -0.2) is 117 Å². The minimum absolute atomic E-state index is 0.0140. The Morgan fingerprint density at radius 1 is 0.759 bits per heavy atom. The van der Waals surface area contributed by atoms with E-state index in [4.69, 9.17) is 29.4 Å². The predicted octanol–water partition coefficient (Wildman–Crippen LogP) is 11.2. The number of para-hydroxylation sites is 2. The predicted molar refractivity (Wildman–Crippen MR) is 298 cm³/mol. The van der Waals surface area contributed by atoms with Gasteiger partial charge in [0.2, 0.25) is 11.0 Å². The number of pyridine rings is 1. The number of aromatic nitrogens is 3. The van der Waals surface area contributed by atoms with Crippen LogP contribution in [0.25, 0.3) is 37.7 Å².